The van der Waals surface area contributed by atoms with Crippen LogP contribution in [0.4, 0.5) is 0 Å². The molecule has 1 aromatic heterocycles. The highest BCUT2D eigenvalue weighted by Gasteiger charge is 2.50. The molecule has 1 aliphatic heterocycles. The van der Waals surface area contributed by atoms with E-state index in [1.54, 1.807) is 35.9 Å². The van der Waals surface area contributed by atoms with Gasteiger partial charge < -0.3 is 9.88 Å². The average Bonchev–Trinajstić information content (AvgIpc) is 3.37. The second-order valence-corrected chi connectivity index (χ2v) is 11.2. The first-order valence-corrected chi connectivity index (χ1v) is 12.7. The maximum atomic E-state index is 13.1. The number of fused-ring (bicyclic) bond motifs is 2. The molecule has 1 spiro atoms. The minimum Gasteiger partial charge on any atom is -0.348 e. The van der Waals surface area contributed by atoms with Crippen LogP contribution in [0.2, 0.25) is 5.02 Å². The highest BCUT2D eigenvalue weighted by Crippen LogP contribution is 2.47. The smallest absolute Gasteiger partial charge is 0.262 e. The molecule has 0 saturated carbocycles. The van der Waals surface area contributed by atoms with Crippen LogP contribution in [-0.4, -0.2) is 47.3 Å². The van der Waals surface area contributed by atoms with E-state index in [1.165, 1.54) is 28.0 Å². The molecule has 1 unspecified atom stereocenters. The molecule has 1 saturated heterocycles. The zero-order chi connectivity index (χ0) is 23.2. The summed E-state index contributed by atoms with van der Waals surface area (Å²) in [6.45, 7) is 0.751. The predicted molar refractivity (Wildman–Crippen MR) is 126 cm³/mol. The first-order valence-electron chi connectivity index (χ1n) is 10.9. The van der Waals surface area contributed by atoms with Crippen LogP contribution in [0, 0.1) is 0 Å². The fraction of sp³-hybridized carbons (Fsp3) is 0.333. The van der Waals surface area contributed by atoms with E-state index in [0.29, 0.717) is 36.5 Å². The predicted octanol–water partition coefficient (Wildman–Crippen LogP) is 3.15. The minimum atomic E-state index is -3.65. The van der Waals surface area contributed by atoms with Crippen molar-refractivity contribution in [2.45, 2.75) is 35.7 Å². The number of halogens is 1. The van der Waals surface area contributed by atoms with E-state index in [4.69, 9.17) is 11.6 Å². The highest BCUT2D eigenvalue weighted by molar-refractivity contribution is 7.89. The van der Waals surface area contributed by atoms with Gasteiger partial charge in [-0.05, 0) is 54.7 Å². The van der Waals surface area contributed by atoms with Gasteiger partial charge in [0.2, 0.25) is 0 Å². The van der Waals surface area contributed by atoms with Gasteiger partial charge in [-0.2, -0.15) is 4.31 Å². The molecule has 9 heteroatoms. The number of piperidine rings is 1. The van der Waals surface area contributed by atoms with Crippen molar-refractivity contribution in [3.05, 3.63) is 82.8 Å². The Balaban J connectivity index is 1.41. The van der Waals surface area contributed by atoms with Crippen LogP contribution in [0.15, 0.2) is 66.1 Å². The second-order valence-electron chi connectivity index (χ2n) is 8.83. The monoisotopic (exact) mass is 484 g/mol. The van der Waals surface area contributed by atoms with Gasteiger partial charge in [0.15, 0.2) is 5.03 Å². The quantitative estimate of drug-likeness (QED) is 0.616. The molecule has 1 atom stereocenters. The maximum Gasteiger partial charge on any atom is 0.262 e. The van der Waals surface area contributed by atoms with Crippen molar-refractivity contribution in [1.82, 2.24) is 19.2 Å². The van der Waals surface area contributed by atoms with Gasteiger partial charge in [0.25, 0.3) is 15.9 Å². The standard InChI is InChI=1S/C24H25ClN4O3S/c1-28-15-22(26-16-28)33(31,32)29-12-10-24(11-13-29)20-5-3-2-4-18(20)14-21(24)27-23(30)17-6-8-19(25)9-7-17/h2-9,15-16,21H,10-14H2,1H3,(H,27,30). The molecule has 1 aliphatic carbocycles. The van der Waals surface area contributed by atoms with Crippen molar-refractivity contribution >= 4 is 27.5 Å². The molecule has 7 nitrogen and oxygen atoms in total. The molecule has 3 aromatic rings. The number of nitrogens with zero attached hydrogens (tertiary/aromatic N) is 3. The van der Waals surface area contributed by atoms with Crippen LogP contribution < -0.4 is 5.32 Å². The van der Waals surface area contributed by atoms with Crippen molar-refractivity contribution in [3.8, 4) is 0 Å². The number of aryl methyl sites for hydroxylation is 1. The lowest BCUT2D eigenvalue weighted by atomic mass is 9.71. The van der Waals surface area contributed by atoms with Crippen molar-refractivity contribution in [2.75, 3.05) is 13.1 Å². The number of nitrogens with one attached hydrogen (secondary N) is 1. The molecule has 1 fully saturated rings. The summed E-state index contributed by atoms with van der Waals surface area (Å²) in [5, 5.41) is 3.90. The van der Waals surface area contributed by atoms with Crippen LogP contribution >= 0.6 is 11.6 Å². The minimum absolute atomic E-state index is 0.0698. The Bertz CT molecular complexity index is 1300. The maximum absolute atomic E-state index is 13.1. The third kappa shape index (κ3) is 3.86. The summed E-state index contributed by atoms with van der Waals surface area (Å²) in [5.74, 6) is -0.146. The number of hydrogen-bond donors (Lipinski definition) is 1. The Morgan fingerprint density at radius 3 is 2.48 bits per heavy atom. The average molecular weight is 485 g/mol. The number of carbonyl (C=O) groups excluding carboxylic acids is 1. The molecule has 33 heavy (non-hydrogen) atoms. The van der Waals surface area contributed by atoms with Crippen LogP contribution in [-0.2, 0) is 28.9 Å². The molecule has 2 heterocycles. The number of imidazole rings is 1. The fourth-order valence-electron chi connectivity index (χ4n) is 5.22. The zero-order valence-electron chi connectivity index (χ0n) is 18.2. The lowest BCUT2D eigenvalue weighted by molar-refractivity contribution is 0.0896. The number of hydrogen-bond acceptors (Lipinski definition) is 4. The molecule has 1 N–H and O–H groups in total. The van der Waals surface area contributed by atoms with E-state index >= 15 is 0 Å². The summed E-state index contributed by atoms with van der Waals surface area (Å²) in [7, 11) is -1.90. The van der Waals surface area contributed by atoms with Crippen LogP contribution in [0.25, 0.3) is 0 Å². The number of rotatable bonds is 4. The van der Waals surface area contributed by atoms with Gasteiger partial charge in [-0.15, -0.1) is 0 Å². The Morgan fingerprint density at radius 1 is 1.12 bits per heavy atom. The van der Waals surface area contributed by atoms with Gasteiger partial charge >= 0.3 is 0 Å². The summed E-state index contributed by atoms with van der Waals surface area (Å²) >= 11 is 5.97. The zero-order valence-corrected chi connectivity index (χ0v) is 19.8. The van der Waals surface area contributed by atoms with Gasteiger partial charge in [0.05, 0.1) is 6.33 Å². The van der Waals surface area contributed by atoms with E-state index in [0.717, 1.165) is 6.42 Å². The largest absolute Gasteiger partial charge is 0.348 e. The summed E-state index contributed by atoms with van der Waals surface area (Å²) in [4.78, 5) is 17.1. The molecule has 5 rings (SSSR count). The normalized spacial score (nSPS) is 20.0. The van der Waals surface area contributed by atoms with E-state index in [-0.39, 0.29) is 22.4 Å². The summed E-state index contributed by atoms with van der Waals surface area (Å²) in [5.41, 5.74) is 2.66. The van der Waals surface area contributed by atoms with Gasteiger partial charge in [0.1, 0.15) is 0 Å². The molecular weight excluding hydrogens is 460 g/mol. The summed E-state index contributed by atoms with van der Waals surface area (Å²) < 4.78 is 29.3. The van der Waals surface area contributed by atoms with Gasteiger partial charge in [-0.1, -0.05) is 35.9 Å². The number of benzene rings is 2. The van der Waals surface area contributed by atoms with Crippen molar-refractivity contribution in [2.24, 2.45) is 7.05 Å². The number of amides is 1. The topological polar surface area (TPSA) is 84.3 Å². The first-order chi connectivity index (χ1) is 15.8. The lowest BCUT2D eigenvalue weighted by Gasteiger charge is -2.43. The van der Waals surface area contributed by atoms with Crippen LogP contribution in [0.1, 0.15) is 34.3 Å². The number of aromatic nitrogens is 2. The lowest BCUT2D eigenvalue weighted by Crippen LogP contribution is -2.54. The molecule has 0 bridgehead atoms. The SMILES string of the molecule is Cn1cnc(S(=O)(=O)N2CCC3(CC2)c2ccccc2CC3NC(=O)c2ccc(Cl)cc2)c1. The number of carbonyl (C=O) groups is 1. The highest BCUT2D eigenvalue weighted by atomic mass is 35.5. The fourth-order valence-corrected chi connectivity index (χ4v) is 6.75. The first kappa shape index (κ1) is 22.1. The third-order valence-electron chi connectivity index (χ3n) is 6.96. The Labute approximate surface area is 198 Å². The molecule has 172 valence electrons. The van der Waals surface area contributed by atoms with Crippen LogP contribution in [0.3, 0.4) is 0 Å². The molecular formula is C24H25ClN4O3S. The van der Waals surface area contributed by atoms with Crippen molar-refractivity contribution < 1.29 is 13.2 Å². The van der Waals surface area contributed by atoms with Crippen molar-refractivity contribution in [1.29, 1.82) is 0 Å². The van der Waals surface area contributed by atoms with E-state index in [1.807, 2.05) is 12.1 Å². The van der Waals surface area contributed by atoms with Gasteiger partial charge in [0, 0.05) is 48.4 Å². The van der Waals surface area contributed by atoms with E-state index in [9.17, 15) is 13.2 Å². The van der Waals surface area contributed by atoms with Gasteiger partial charge in [-0.3, -0.25) is 4.79 Å². The Hall–Kier alpha value is -2.68. The number of sulfonamides is 1. The van der Waals surface area contributed by atoms with E-state index < -0.39 is 10.0 Å². The second kappa shape index (κ2) is 8.27. The van der Waals surface area contributed by atoms with E-state index in [2.05, 4.69) is 22.4 Å². The Kier molecular flexibility index (Phi) is 5.55. The van der Waals surface area contributed by atoms with Gasteiger partial charge in [-0.25, -0.2) is 13.4 Å². The summed E-state index contributed by atoms with van der Waals surface area (Å²) in [6.07, 6.45) is 5.00. The molecule has 2 aromatic carbocycles. The third-order valence-corrected chi connectivity index (χ3v) is 8.99. The Morgan fingerprint density at radius 2 is 1.82 bits per heavy atom. The van der Waals surface area contributed by atoms with Crippen molar-refractivity contribution in [3.63, 3.8) is 0 Å². The summed E-state index contributed by atoms with van der Waals surface area (Å²) in [6, 6.07) is 15.0. The van der Waals surface area contributed by atoms with Crippen LogP contribution in [0.5, 0.6) is 0 Å². The molecule has 1 amide bonds. The molecule has 0 radical (unpaired) electrons. The molecule has 2 aliphatic rings.